The summed E-state index contributed by atoms with van der Waals surface area (Å²) >= 11 is 0. The SMILES string of the molecule is COC(=O)N[C@H](C(=O)N1CCC[C@H]1c1nc2cc(F)c([C@H]3CC[C@H](c4cc5[nH]c([C@@H]6CCCN6C(=O)[C@@H](NC(=O)OC)C6CCOCC6)nc5cc4F)N3c3cc(F)c(N4CCN(c5ccc(C(F)(F)F)cc5)CC4)c(F)c3)cc2[nH]1)C1CCOCC1. The van der Waals surface area contributed by atoms with E-state index in [0.717, 1.165) is 24.3 Å². The Kier molecular flexibility index (Phi) is 16.9. The smallest absolute Gasteiger partial charge is 0.416 e. The van der Waals surface area contributed by atoms with E-state index in [0.29, 0.717) is 119 Å². The van der Waals surface area contributed by atoms with Crippen LogP contribution >= 0.6 is 0 Å². The normalized spacial score (nSPS) is 22.3. The number of likely N-dealkylation sites (tertiary alicyclic amines) is 2. The Morgan fingerprint density at radius 3 is 1.41 bits per heavy atom. The fraction of sp³-hybridized carbons (Fsp3) is 0.508. The minimum Gasteiger partial charge on any atom is -0.453 e. The van der Waals surface area contributed by atoms with Crippen LogP contribution in [0, 0.1) is 35.1 Å². The molecule has 19 nitrogen and oxygen atoms in total. The van der Waals surface area contributed by atoms with Crippen LogP contribution < -0.4 is 25.3 Å². The van der Waals surface area contributed by atoms with E-state index in [9.17, 15) is 32.3 Å². The third-order valence-corrected chi connectivity index (χ3v) is 18.4. The van der Waals surface area contributed by atoms with Crippen molar-refractivity contribution in [2.75, 3.05) is 94.6 Å². The number of carbonyl (C=O) groups excluding carboxylic acids is 4. The Morgan fingerprint density at radius 2 is 0.989 bits per heavy atom. The maximum atomic E-state index is 17.1. The molecule has 0 spiro atoms. The highest BCUT2D eigenvalue weighted by atomic mass is 19.4. The number of rotatable bonds is 13. The zero-order valence-corrected chi connectivity index (χ0v) is 48.1. The molecule has 6 fully saturated rings. The third kappa shape index (κ3) is 11.9. The minimum atomic E-state index is -4.51. The zero-order valence-electron chi connectivity index (χ0n) is 48.1. The number of imidazole rings is 2. The van der Waals surface area contributed by atoms with E-state index >= 15 is 17.6 Å². The summed E-state index contributed by atoms with van der Waals surface area (Å²) in [6, 6.07) is 7.96. The first-order valence-electron chi connectivity index (χ1n) is 29.7. The predicted octanol–water partition coefficient (Wildman–Crippen LogP) is 10.1. The number of hydrogen-bond acceptors (Lipinski definition) is 13. The van der Waals surface area contributed by atoms with Gasteiger partial charge in [0.05, 0.1) is 66.0 Å². The van der Waals surface area contributed by atoms with Crippen LogP contribution in [0.25, 0.3) is 22.1 Å². The van der Waals surface area contributed by atoms with Crippen molar-refractivity contribution in [3.05, 3.63) is 112 Å². The topological polar surface area (TPSA) is 203 Å². The third-order valence-electron chi connectivity index (χ3n) is 18.4. The number of benzene rings is 4. The van der Waals surface area contributed by atoms with Gasteiger partial charge in [0.15, 0.2) is 11.6 Å². The van der Waals surface area contributed by atoms with E-state index in [1.807, 2.05) is 4.90 Å². The van der Waals surface area contributed by atoms with Crippen LogP contribution in [-0.4, -0.2) is 146 Å². The number of nitrogens with zero attached hydrogens (tertiary/aromatic N) is 7. The van der Waals surface area contributed by atoms with Crippen molar-refractivity contribution < 1.29 is 68.9 Å². The summed E-state index contributed by atoms with van der Waals surface area (Å²) in [4.78, 5) is 78.6. The van der Waals surface area contributed by atoms with Crippen molar-refractivity contribution in [2.24, 2.45) is 11.8 Å². The Hall–Kier alpha value is -7.87. The molecule has 0 aliphatic carbocycles. The number of anilines is 3. The number of fused-ring (bicyclic) bond motifs is 2. The molecule has 6 atom stereocenters. The molecule has 6 saturated heterocycles. The molecule has 8 heterocycles. The Bertz CT molecular complexity index is 3350. The molecule has 0 bridgehead atoms. The fourth-order valence-electron chi connectivity index (χ4n) is 14.0. The lowest BCUT2D eigenvalue weighted by Gasteiger charge is -2.38. The van der Waals surface area contributed by atoms with Crippen LogP contribution in [0.3, 0.4) is 0 Å². The van der Waals surface area contributed by atoms with E-state index < -0.39 is 83.4 Å². The summed E-state index contributed by atoms with van der Waals surface area (Å²) < 4.78 is 129. The van der Waals surface area contributed by atoms with Gasteiger partial charge in [0.1, 0.15) is 41.1 Å². The lowest BCUT2D eigenvalue weighted by atomic mass is 9.90. The van der Waals surface area contributed by atoms with Gasteiger partial charge in [-0.25, -0.2) is 37.1 Å². The van der Waals surface area contributed by atoms with Crippen molar-refractivity contribution in [3.8, 4) is 0 Å². The number of ether oxygens (including phenoxy) is 4. The number of methoxy groups -OCH3 is 2. The standard InChI is InChI=1S/C61H68F7N11O8/c1-84-59(82)73-52(33-13-23-86-24-14-33)57(80)77-17-3-5-50(77)55-69-44-29-38(40(62)31-46(44)71-55)48-11-12-49(79(48)37-27-42(64)54(43(65)28-37)76-21-19-75(20-22-76)36-9-7-35(8-10-36)61(66,67)68)39-30-45-47(32-41(39)63)72-56(70-45)51-6-4-18-78(51)58(81)53(74-60(83)85-2)34-15-25-87-26-16-34/h7-10,27-34,48-53H,3-6,11-26H2,1-2H3,(H,69,71)(H,70,72)(H,73,82)(H,74,83)/t48-,49-,50+,51+,52+,53+/m1/s1. The van der Waals surface area contributed by atoms with E-state index in [2.05, 4.69) is 20.6 Å². The van der Waals surface area contributed by atoms with Crippen molar-refractivity contribution in [2.45, 2.75) is 107 Å². The van der Waals surface area contributed by atoms with Gasteiger partial charge in [0.2, 0.25) is 11.8 Å². The van der Waals surface area contributed by atoms with Gasteiger partial charge >= 0.3 is 18.4 Å². The zero-order chi connectivity index (χ0) is 60.8. The van der Waals surface area contributed by atoms with Gasteiger partial charge in [-0.1, -0.05) is 0 Å². The second-order valence-electron chi connectivity index (χ2n) is 23.3. The van der Waals surface area contributed by atoms with Crippen molar-refractivity contribution in [1.82, 2.24) is 40.4 Å². The maximum absolute atomic E-state index is 17.1. The van der Waals surface area contributed by atoms with Crippen LogP contribution in [0.5, 0.6) is 0 Å². The first kappa shape index (κ1) is 59.5. The summed E-state index contributed by atoms with van der Waals surface area (Å²) in [5, 5.41) is 5.50. The molecular formula is C61H68F7N11O8. The number of hydrogen-bond donors (Lipinski definition) is 4. The summed E-state index contributed by atoms with van der Waals surface area (Å²) in [5.41, 5.74) is 1.00. The monoisotopic (exact) mass is 1220 g/mol. The Labute approximate surface area is 496 Å². The highest BCUT2D eigenvalue weighted by Crippen LogP contribution is 2.50. The summed E-state index contributed by atoms with van der Waals surface area (Å²) in [5.74, 6) is -3.48. The first-order chi connectivity index (χ1) is 42.0. The van der Waals surface area contributed by atoms with Gasteiger partial charge in [0, 0.05) is 100 Å². The van der Waals surface area contributed by atoms with Gasteiger partial charge in [-0.2, -0.15) is 13.2 Å². The molecule has 4 N–H and O–H groups in total. The van der Waals surface area contributed by atoms with E-state index in [4.69, 9.17) is 28.9 Å². The van der Waals surface area contributed by atoms with Crippen LogP contribution in [0.2, 0.25) is 0 Å². The Balaban J connectivity index is 0.865. The van der Waals surface area contributed by atoms with E-state index in [-0.39, 0.29) is 96.2 Å². The van der Waals surface area contributed by atoms with Gasteiger partial charge in [-0.05, 0) is 125 Å². The number of H-pyrrole nitrogens is 2. The molecule has 0 radical (unpaired) electrons. The number of alkyl halides is 3. The molecule has 0 unspecified atom stereocenters. The van der Waals surface area contributed by atoms with Gasteiger partial charge in [0.25, 0.3) is 0 Å². The van der Waals surface area contributed by atoms with Crippen LogP contribution in [-0.2, 0) is 34.7 Å². The molecule has 6 aliphatic rings. The van der Waals surface area contributed by atoms with Gasteiger partial charge in [-0.3, -0.25) is 9.59 Å². The summed E-state index contributed by atoms with van der Waals surface area (Å²) in [7, 11) is 2.46. The molecule has 6 aliphatic heterocycles. The van der Waals surface area contributed by atoms with E-state index in [1.165, 1.54) is 43.4 Å². The van der Waals surface area contributed by atoms with Crippen LogP contribution in [0.1, 0.15) is 117 Å². The molecule has 0 saturated carbocycles. The average Bonchev–Trinajstić information content (AvgIpc) is 1.75. The minimum absolute atomic E-state index is 0.00116. The molecule has 4 aromatic carbocycles. The van der Waals surface area contributed by atoms with Crippen LogP contribution in [0.4, 0.5) is 57.4 Å². The second-order valence-corrected chi connectivity index (χ2v) is 23.3. The number of piperazine rings is 1. The number of aromatic nitrogens is 4. The molecule has 464 valence electrons. The predicted molar refractivity (Wildman–Crippen MR) is 305 cm³/mol. The molecule has 2 aromatic heterocycles. The van der Waals surface area contributed by atoms with Gasteiger partial charge < -0.3 is 64.0 Å². The first-order valence-corrected chi connectivity index (χ1v) is 29.7. The summed E-state index contributed by atoms with van der Waals surface area (Å²) in [6.45, 7) is 3.21. The average molecular weight is 1220 g/mol. The second kappa shape index (κ2) is 24.7. The summed E-state index contributed by atoms with van der Waals surface area (Å²) in [6.07, 6.45) is -1.11. The fourth-order valence-corrected chi connectivity index (χ4v) is 14.0. The highest BCUT2D eigenvalue weighted by molar-refractivity contribution is 5.88. The molecule has 12 rings (SSSR count). The number of carbonyl (C=O) groups is 4. The quantitative estimate of drug-likeness (QED) is 0.0797. The van der Waals surface area contributed by atoms with E-state index in [1.54, 1.807) is 26.8 Å². The van der Waals surface area contributed by atoms with Gasteiger partial charge in [-0.15, -0.1) is 0 Å². The largest absolute Gasteiger partial charge is 0.453 e. The number of nitrogens with one attached hydrogen (secondary N) is 4. The molecule has 4 amide bonds. The lowest BCUT2D eigenvalue weighted by molar-refractivity contribution is -0.138. The number of amides is 4. The number of halogens is 7. The van der Waals surface area contributed by atoms with Crippen molar-refractivity contribution >= 4 is 63.1 Å². The van der Waals surface area contributed by atoms with Crippen LogP contribution in [0.15, 0.2) is 60.7 Å². The Morgan fingerprint density at radius 1 is 0.552 bits per heavy atom. The molecule has 6 aromatic rings. The number of alkyl carbamates (subject to hydrolysis) is 2. The maximum Gasteiger partial charge on any atom is 0.416 e. The molecule has 87 heavy (non-hydrogen) atoms. The lowest BCUT2D eigenvalue weighted by Crippen LogP contribution is -2.53. The number of aromatic amines is 2. The van der Waals surface area contributed by atoms with Crippen molar-refractivity contribution in [1.29, 1.82) is 0 Å². The molecular weight excluding hydrogens is 1150 g/mol. The highest BCUT2D eigenvalue weighted by Gasteiger charge is 2.44. The molecule has 26 heteroatoms. The van der Waals surface area contributed by atoms with Crippen molar-refractivity contribution in [3.63, 3.8) is 0 Å².